The third-order valence-electron chi connectivity index (χ3n) is 3.23. The molecule has 1 saturated carbocycles. The van der Waals surface area contributed by atoms with Crippen LogP contribution in [0.1, 0.15) is 29.3 Å². The van der Waals surface area contributed by atoms with Gasteiger partial charge in [-0.15, -0.1) is 11.3 Å². The maximum Gasteiger partial charge on any atom is 0.328 e. The van der Waals surface area contributed by atoms with Crippen LogP contribution in [0.4, 0.5) is 0 Å². The fourth-order valence-corrected chi connectivity index (χ4v) is 2.93. The molecular weight excluding hydrogens is 276 g/mol. The van der Waals surface area contributed by atoms with E-state index in [2.05, 4.69) is 0 Å². The Kier molecular flexibility index (Phi) is 3.31. The number of rotatable bonds is 5. The van der Waals surface area contributed by atoms with Crippen molar-refractivity contribution >= 4 is 23.4 Å². The van der Waals surface area contributed by atoms with Crippen LogP contribution in [0.25, 0.3) is 6.08 Å². The summed E-state index contributed by atoms with van der Waals surface area (Å²) in [5.74, 6) is -0.963. The van der Waals surface area contributed by atoms with Gasteiger partial charge in [0.05, 0.1) is 6.54 Å². The molecule has 20 heavy (non-hydrogen) atoms. The predicted molar refractivity (Wildman–Crippen MR) is 77.1 cm³/mol. The maximum atomic E-state index is 12.1. The molecule has 1 aliphatic rings. The van der Waals surface area contributed by atoms with Gasteiger partial charge in [0.25, 0.3) is 0 Å². The largest absolute Gasteiger partial charge is 0.478 e. The molecule has 0 unspecified atom stereocenters. The van der Waals surface area contributed by atoms with E-state index in [0.29, 0.717) is 12.6 Å². The lowest BCUT2D eigenvalue weighted by molar-refractivity contribution is -0.131. The number of thiophene rings is 1. The molecule has 3 rings (SSSR count). The highest BCUT2D eigenvalue weighted by Gasteiger charge is 2.25. The third kappa shape index (κ3) is 2.75. The second kappa shape index (κ2) is 5.13. The van der Waals surface area contributed by atoms with Crippen LogP contribution >= 0.6 is 11.3 Å². The summed E-state index contributed by atoms with van der Waals surface area (Å²) < 4.78 is 3.48. The molecule has 0 radical (unpaired) electrons. The summed E-state index contributed by atoms with van der Waals surface area (Å²) in [5, 5.41) is 10.5. The van der Waals surface area contributed by atoms with Gasteiger partial charge in [0, 0.05) is 29.4 Å². The second-order valence-electron chi connectivity index (χ2n) is 4.86. The zero-order chi connectivity index (χ0) is 14.1. The number of carboxylic acids is 1. The molecule has 1 aliphatic carbocycles. The van der Waals surface area contributed by atoms with Gasteiger partial charge in [-0.1, -0.05) is 0 Å². The van der Waals surface area contributed by atoms with Crippen molar-refractivity contribution in [3.63, 3.8) is 0 Å². The summed E-state index contributed by atoms with van der Waals surface area (Å²) in [5.41, 5.74) is 0.880. The summed E-state index contributed by atoms with van der Waals surface area (Å²) in [6.45, 7) is 0.532. The van der Waals surface area contributed by atoms with E-state index in [4.69, 9.17) is 5.11 Å². The van der Waals surface area contributed by atoms with Crippen LogP contribution in [0.2, 0.25) is 0 Å². The van der Waals surface area contributed by atoms with Crippen LogP contribution in [-0.4, -0.2) is 20.2 Å². The number of hydrogen-bond acceptors (Lipinski definition) is 3. The summed E-state index contributed by atoms with van der Waals surface area (Å²) in [6.07, 6.45) is 8.51. The standard InChI is InChI=1S/C14H14N2O3S/c17-13(18)4-1-10-7-12(20-9-10)8-15-5-6-16(14(15)19)11-2-3-11/h1,4-7,9,11H,2-3,8H2,(H,17,18)/b4-1+. The topological polar surface area (TPSA) is 64.2 Å². The molecule has 0 saturated heterocycles. The monoisotopic (exact) mass is 290 g/mol. The molecule has 0 aromatic carbocycles. The average molecular weight is 290 g/mol. The molecule has 2 aromatic heterocycles. The van der Waals surface area contributed by atoms with Crippen molar-refractivity contribution in [1.29, 1.82) is 0 Å². The van der Waals surface area contributed by atoms with Gasteiger partial charge in [0.2, 0.25) is 0 Å². The van der Waals surface area contributed by atoms with Crippen LogP contribution in [0, 0.1) is 0 Å². The van der Waals surface area contributed by atoms with Crippen molar-refractivity contribution in [3.05, 3.63) is 50.8 Å². The van der Waals surface area contributed by atoms with E-state index in [9.17, 15) is 9.59 Å². The van der Waals surface area contributed by atoms with Gasteiger partial charge in [0.1, 0.15) is 0 Å². The molecule has 1 N–H and O–H groups in total. The predicted octanol–water partition coefficient (Wildman–Crippen LogP) is 2.19. The van der Waals surface area contributed by atoms with E-state index in [1.165, 1.54) is 11.3 Å². The van der Waals surface area contributed by atoms with E-state index in [1.54, 1.807) is 15.2 Å². The fourth-order valence-electron chi connectivity index (χ4n) is 2.08. The number of imidazole rings is 1. The van der Waals surface area contributed by atoms with Crippen molar-refractivity contribution in [2.75, 3.05) is 0 Å². The molecule has 0 spiro atoms. The van der Waals surface area contributed by atoms with Crippen molar-refractivity contribution in [3.8, 4) is 0 Å². The lowest BCUT2D eigenvalue weighted by Gasteiger charge is -1.98. The maximum absolute atomic E-state index is 12.1. The van der Waals surface area contributed by atoms with Crippen molar-refractivity contribution in [2.45, 2.75) is 25.4 Å². The number of nitrogens with zero attached hydrogens (tertiary/aromatic N) is 2. The fraction of sp³-hybridized carbons (Fsp3) is 0.286. The van der Waals surface area contributed by atoms with E-state index < -0.39 is 5.97 Å². The van der Waals surface area contributed by atoms with Gasteiger partial charge in [-0.3, -0.25) is 9.13 Å². The van der Waals surface area contributed by atoms with E-state index in [1.807, 2.05) is 23.8 Å². The lowest BCUT2D eigenvalue weighted by Crippen LogP contribution is -2.23. The van der Waals surface area contributed by atoms with Crippen LogP contribution in [0.5, 0.6) is 0 Å². The number of carboxylic acid groups (broad SMARTS) is 1. The Balaban J connectivity index is 1.75. The highest BCUT2D eigenvalue weighted by Crippen LogP contribution is 2.33. The molecule has 0 bridgehead atoms. The van der Waals surface area contributed by atoms with Gasteiger partial charge in [-0.2, -0.15) is 0 Å². The molecule has 2 aromatic rings. The number of aliphatic carboxylic acids is 1. The lowest BCUT2D eigenvalue weighted by atomic mass is 10.3. The zero-order valence-electron chi connectivity index (χ0n) is 10.7. The summed E-state index contributed by atoms with van der Waals surface area (Å²) in [7, 11) is 0. The summed E-state index contributed by atoms with van der Waals surface area (Å²) in [6, 6.07) is 2.30. The normalized spacial score (nSPS) is 15.0. The van der Waals surface area contributed by atoms with E-state index in [0.717, 1.165) is 29.4 Å². The zero-order valence-corrected chi connectivity index (χ0v) is 11.5. The van der Waals surface area contributed by atoms with Crippen LogP contribution < -0.4 is 5.69 Å². The summed E-state index contributed by atoms with van der Waals surface area (Å²) in [4.78, 5) is 23.6. The number of aromatic nitrogens is 2. The van der Waals surface area contributed by atoms with E-state index >= 15 is 0 Å². The Bertz CT molecular complexity index is 719. The highest BCUT2D eigenvalue weighted by atomic mass is 32.1. The molecule has 5 nitrogen and oxygen atoms in total. The minimum atomic E-state index is -0.963. The van der Waals surface area contributed by atoms with Gasteiger partial charge >= 0.3 is 11.7 Å². The molecule has 6 heteroatoms. The van der Waals surface area contributed by atoms with Gasteiger partial charge in [0.15, 0.2) is 0 Å². The first-order valence-electron chi connectivity index (χ1n) is 6.39. The number of hydrogen-bond donors (Lipinski definition) is 1. The van der Waals surface area contributed by atoms with Crippen LogP contribution in [0.15, 0.2) is 34.7 Å². The molecule has 2 heterocycles. The van der Waals surface area contributed by atoms with Gasteiger partial charge in [-0.05, 0) is 35.9 Å². The summed E-state index contributed by atoms with van der Waals surface area (Å²) >= 11 is 1.52. The number of carbonyl (C=O) groups is 1. The molecule has 0 amide bonds. The Morgan fingerprint density at radius 1 is 1.45 bits per heavy atom. The highest BCUT2D eigenvalue weighted by molar-refractivity contribution is 7.10. The van der Waals surface area contributed by atoms with Gasteiger partial charge in [-0.25, -0.2) is 9.59 Å². The minimum Gasteiger partial charge on any atom is -0.478 e. The quantitative estimate of drug-likeness (QED) is 0.859. The average Bonchev–Trinajstić information content (AvgIpc) is 3.05. The smallest absolute Gasteiger partial charge is 0.328 e. The molecular formula is C14H14N2O3S. The minimum absolute atomic E-state index is 0.0310. The Labute approximate surface area is 119 Å². The Morgan fingerprint density at radius 2 is 2.25 bits per heavy atom. The second-order valence-corrected chi connectivity index (χ2v) is 5.86. The first-order chi connectivity index (χ1) is 9.63. The first-order valence-corrected chi connectivity index (χ1v) is 7.27. The van der Waals surface area contributed by atoms with Crippen LogP contribution in [-0.2, 0) is 11.3 Å². The SMILES string of the molecule is O=C(O)/C=C/c1csc(Cn2ccn(C3CC3)c2=O)c1. The van der Waals surface area contributed by atoms with Crippen LogP contribution in [0.3, 0.4) is 0 Å². The Hall–Kier alpha value is -2.08. The van der Waals surface area contributed by atoms with Crippen molar-refractivity contribution in [2.24, 2.45) is 0 Å². The van der Waals surface area contributed by atoms with Crippen molar-refractivity contribution < 1.29 is 9.90 Å². The molecule has 0 aliphatic heterocycles. The van der Waals surface area contributed by atoms with E-state index in [-0.39, 0.29) is 5.69 Å². The first kappa shape index (κ1) is 12.9. The molecule has 0 atom stereocenters. The molecule has 104 valence electrons. The van der Waals surface area contributed by atoms with Gasteiger partial charge < -0.3 is 5.11 Å². The van der Waals surface area contributed by atoms with Crippen molar-refractivity contribution in [1.82, 2.24) is 9.13 Å². The third-order valence-corrected chi connectivity index (χ3v) is 4.17. The Morgan fingerprint density at radius 3 is 2.95 bits per heavy atom. The molecule has 1 fully saturated rings.